The monoisotopic (exact) mass is 206 g/mol. The summed E-state index contributed by atoms with van der Waals surface area (Å²) < 4.78 is 24.8. The van der Waals surface area contributed by atoms with Gasteiger partial charge in [-0.2, -0.15) is 0 Å². The van der Waals surface area contributed by atoms with Gasteiger partial charge in [0.2, 0.25) is 15.9 Å². The molecule has 2 N–H and O–H groups in total. The average Bonchev–Trinajstić information content (AvgIpc) is 2.09. The van der Waals surface area contributed by atoms with Crippen molar-refractivity contribution in [1.29, 1.82) is 0 Å². The van der Waals surface area contributed by atoms with Gasteiger partial charge in [0.05, 0.1) is 5.75 Å². The number of amides is 1. The fourth-order valence-corrected chi connectivity index (χ4v) is 2.05. The van der Waals surface area contributed by atoms with Crippen LogP contribution in [-0.4, -0.2) is 32.7 Å². The third kappa shape index (κ3) is 3.31. The molecule has 0 aliphatic carbocycles. The topological polar surface area (TPSA) is 75.3 Å². The molecular weight excluding hydrogens is 192 g/mol. The Morgan fingerprint density at radius 3 is 2.77 bits per heavy atom. The van der Waals surface area contributed by atoms with Gasteiger partial charge in [-0.25, -0.2) is 13.1 Å². The zero-order valence-corrected chi connectivity index (χ0v) is 8.36. The summed E-state index contributed by atoms with van der Waals surface area (Å²) in [7, 11) is -3.14. The van der Waals surface area contributed by atoms with Crippen LogP contribution < -0.4 is 10.0 Å². The minimum absolute atomic E-state index is 0.00746. The second kappa shape index (κ2) is 4.06. The van der Waals surface area contributed by atoms with Gasteiger partial charge in [-0.3, -0.25) is 4.79 Å². The van der Waals surface area contributed by atoms with Crippen molar-refractivity contribution in [1.82, 2.24) is 10.0 Å². The molecule has 1 aliphatic heterocycles. The summed E-state index contributed by atoms with van der Waals surface area (Å²) in [4.78, 5) is 10.8. The minimum Gasteiger partial charge on any atom is -0.355 e. The van der Waals surface area contributed by atoms with E-state index in [1.54, 1.807) is 6.92 Å². The molecule has 1 fully saturated rings. The maximum Gasteiger partial charge on any atom is 0.220 e. The minimum atomic E-state index is -3.14. The van der Waals surface area contributed by atoms with Crippen molar-refractivity contribution in [3.8, 4) is 0 Å². The third-order valence-electron chi connectivity index (χ3n) is 1.99. The van der Waals surface area contributed by atoms with Crippen LogP contribution in [0.1, 0.15) is 19.8 Å². The summed E-state index contributed by atoms with van der Waals surface area (Å²) in [5.41, 5.74) is 0. The van der Waals surface area contributed by atoms with E-state index in [0.29, 0.717) is 19.4 Å². The van der Waals surface area contributed by atoms with E-state index >= 15 is 0 Å². The molecule has 1 aliphatic rings. The number of sulfonamides is 1. The van der Waals surface area contributed by atoms with Crippen LogP contribution in [0.2, 0.25) is 0 Å². The Hall–Kier alpha value is -0.620. The molecule has 0 spiro atoms. The van der Waals surface area contributed by atoms with E-state index in [-0.39, 0.29) is 17.7 Å². The number of rotatable bonds is 3. The molecule has 0 aromatic carbocycles. The highest BCUT2D eigenvalue weighted by Crippen LogP contribution is 2.03. The van der Waals surface area contributed by atoms with Gasteiger partial charge in [0.15, 0.2) is 0 Å². The first-order chi connectivity index (χ1) is 6.03. The Labute approximate surface area is 77.9 Å². The fraction of sp³-hybridized carbons (Fsp3) is 0.857. The summed E-state index contributed by atoms with van der Waals surface area (Å²) in [5.74, 6) is 0.0733. The van der Waals surface area contributed by atoms with Gasteiger partial charge in [-0.1, -0.05) is 0 Å². The molecule has 0 aromatic rings. The van der Waals surface area contributed by atoms with Gasteiger partial charge < -0.3 is 5.32 Å². The normalized spacial score (nSPS) is 24.1. The lowest BCUT2D eigenvalue weighted by Crippen LogP contribution is -2.48. The van der Waals surface area contributed by atoms with E-state index in [4.69, 9.17) is 0 Å². The van der Waals surface area contributed by atoms with E-state index in [2.05, 4.69) is 10.0 Å². The lowest BCUT2D eigenvalue weighted by Gasteiger charge is -2.22. The first-order valence-electron chi connectivity index (χ1n) is 4.30. The van der Waals surface area contributed by atoms with Crippen LogP contribution in [0, 0.1) is 0 Å². The smallest absolute Gasteiger partial charge is 0.220 e. The summed E-state index contributed by atoms with van der Waals surface area (Å²) in [6, 6.07) is -0.136. The highest BCUT2D eigenvalue weighted by atomic mass is 32.2. The summed E-state index contributed by atoms with van der Waals surface area (Å²) in [5, 5.41) is 2.61. The predicted molar refractivity (Wildman–Crippen MR) is 48.6 cm³/mol. The highest BCUT2D eigenvalue weighted by Gasteiger charge is 2.21. The first-order valence-corrected chi connectivity index (χ1v) is 5.95. The van der Waals surface area contributed by atoms with E-state index in [9.17, 15) is 13.2 Å². The number of carbonyl (C=O) groups excluding carboxylic acids is 1. The van der Waals surface area contributed by atoms with Gasteiger partial charge in [0.25, 0.3) is 0 Å². The van der Waals surface area contributed by atoms with Crippen molar-refractivity contribution >= 4 is 15.9 Å². The molecule has 1 saturated heterocycles. The maximum atomic E-state index is 11.1. The third-order valence-corrected chi connectivity index (χ3v) is 3.44. The van der Waals surface area contributed by atoms with E-state index in [0.717, 1.165) is 0 Å². The summed E-state index contributed by atoms with van der Waals surface area (Å²) in [6.07, 6.45) is 0.988. The van der Waals surface area contributed by atoms with E-state index in [1.807, 2.05) is 0 Å². The lowest BCUT2D eigenvalue weighted by molar-refractivity contribution is -0.122. The molecule has 76 valence electrons. The maximum absolute atomic E-state index is 11.1. The molecule has 5 nitrogen and oxygen atoms in total. The van der Waals surface area contributed by atoms with Crippen LogP contribution in [-0.2, 0) is 14.8 Å². The molecule has 1 rings (SSSR count). The van der Waals surface area contributed by atoms with Crippen LogP contribution in [0.4, 0.5) is 0 Å². The quantitative estimate of drug-likeness (QED) is 0.635. The first kappa shape index (κ1) is 10.5. The molecular formula is C7H14N2O3S. The SMILES string of the molecule is CCS(=O)(=O)NC1CCC(=O)NC1. The number of piperidine rings is 1. The molecule has 0 saturated carbocycles. The zero-order chi connectivity index (χ0) is 9.90. The summed E-state index contributed by atoms with van der Waals surface area (Å²) >= 11 is 0. The molecule has 0 aromatic heterocycles. The molecule has 6 heteroatoms. The van der Waals surface area contributed by atoms with Crippen molar-refractivity contribution in [2.75, 3.05) is 12.3 Å². The van der Waals surface area contributed by atoms with Crippen LogP contribution in [0.15, 0.2) is 0 Å². The Kier molecular flexibility index (Phi) is 3.27. The fourth-order valence-electron chi connectivity index (χ4n) is 1.17. The van der Waals surface area contributed by atoms with E-state index in [1.165, 1.54) is 0 Å². The molecule has 0 radical (unpaired) electrons. The van der Waals surface area contributed by atoms with Gasteiger partial charge in [-0.05, 0) is 13.3 Å². The second-order valence-electron chi connectivity index (χ2n) is 3.06. The van der Waals surface area contributed by atoms with Crippen molar-refractivity contribution in [2.24, 2.45) is 0 Å². The van der Waals surface area contributed by atoms with Gasteiger partial charge in [-0.15, -0.1) is 0 Å². The number of hydrogen-bond acceptors (Lipinski definition) is 3. The van der Waals surface area contributed by atoms with E-state index < -0.39 is 10.0 Å². The van der Waals surface area contributed by atoms with Gasteiger partial charge in [0, 0.05) is 19.0 Å². The number of nitrogens with one attached hydrogen (secondary N) is 2. The average molecular weight is 206 g/mol. The zero-order valence-electron chi connectivity index (χ0n) is 7.54. The van der Waals surface area contributed by atoms with Crippen LogP contribution in [0.5, 0.6) is 0 Å². The molecule has 1 amide bonds. The number of carbonyl (C=O) groups is 1. The number of hydrogen-bond donors (Lipinski definition) is 2. The van der Waals surface area contributed by atoms with Crippen LogP contribution in [0.25, 0.3) is 0 Å². The molecule has 1 atom stereocenters. The lowest BCUT2D eigenvalue weighted by atomic mass is 10.1. The summed E-state index contributed by atoms with van der Waals surface area (Å²) in [6.45, 7) is 1.99. The Morgan fingerprint density at radius 2 is 2.31 bits per heavy atom. The Bertz CT molecular complexity index is 276. The van der Waals surface area contributed by atoms with Crippen molar-refractivity contribution in [3.05, 3.63) is 0 Å². The standard InChI is InChI=1S/C7H14N2O3S/c1-2-13(11,12)9-6-3-4-7(10)8-5-6/h6,9H,2-5H2,1H3,(H,8,10). The van der Waals surface area contributed by atoms with Crippen molar-refractivity contribution < 1.29 is 13.2 Å². The largest absolute Gasteiger partial charge is 0.355 e. The molecule has 0 bridgehead atoms. The second-order valence-corrected chi connectivity index (χ2v) is 5.10. The highest BCUT2D eigenvalue weighted by molar-refractivity contribution is 7.89. The molecule has 13 heavy (non-hydrogen) atoms. The Balaban J connectivity index is 2.43. The molecule has 1 unspecified atom stereocenters. The van der Waals surface area contributed by atoms with Crippen molar-refractivity contribution in [2.45, 2.75) is 25.8 Å². The predicted octanol–water partition coefficient (Wildman–Crippen LogP) is -0.796. The Morgan fingerprint density at radius 1 is 1.62 bits per heavy atom. The van der Waals surface area contributed by atoms with Gasteiger partial charge >= 0.3 is 0 Å². The van der Waals surface area contributed by atoms with Gasteiger partial charge in [0.1, 0.15) is 0 Å². The van der Waals surface area contributed by atoms with Crippen molar-refractivity contribution in [3.63, 3.8) is 0 Å². The van der Waals surface area contributed by atoms with Crippen LogP contribution in [0.3, 0.4) is 0 Å². The molecule has 1 heterocycles. The van der Waals surface area contributed by atoms with Crippen LogP contribution >= 0.6 is 0 Å².